The lowest BCUT2D eigenvalue weighted by Gasteiger charge is -2.29. The molecule has 0 radical (unpaired) electrons. The number of ether oxygens (including phenoxy) is 2. The third-order valence-corrected chi connectivity index (χ3v) is 7.15. The lowest BCUT2D eigenvalue weighted by molar-refractivity contribution is -0.274. The van der Waals surface area contributed by atoms with Crippen LogP contribution in [0.2, 0.25) is 0 Å². The van der Waals surface area contributed by atoms with E-state index in [4.69, 9.17) is 4.74 Å². The fourth-order valence-electron chi connectivity index (χ4n) is 3.75. The molecule has 2 aliphatic rings. The lowest BCUT2D eigenvalue weighted by atomic mass is 10.1. The van der Waals surface area contributed by atoms with Crippen molar-refractivity contribution >= 4 is 21.1 Å². The molecule has 0 saturated carbocycles. The van der Waals surface area contributed by atoms with Crippen molar-refractivity contribution in [1.82, 2.24) is 14.7 Å². The average Bonchev–Trinajstić information content (AvgIpc) is 3.21. The van der Waals surface area contributed by atoms with Crippen LogP contribution in [0.4, 0.5) is 18.9 Å². The molecule has 0 amide bonds. The molecule has 0 atom stereocenters. The molecule has 2 aliphatic heterocycles. The van der Waals surface area contributed by atoms with Crippen LogP contribution in [-0.2, 0) is 21.6 Å². The van der Waals surface area contributed by atoms with Crippen molar-refractivity contribution in [2.24, 2.45) is 7.05 Å². The van der Waals surface area contributed by atoms with Gasteiger partial charge < -0.3 is 14.4 Å². The van der Waals surface area contributed by atoms with Crippen LogP contribution in [0, 0.1) is 0 Å². The van der Waals surface area contributed by atoms with Crippen LogP contribution in [0.1, 0.15) is 5.56 Å². The van der Waals surface area contributed by atoms with Gasteiger partial charge in [-0.1, -0.05) is 0 Å². The molecule has 8 nitrogen and oxygen atoms in total. The number of nitrogens with zero attached hydrogens (tertiary/aromatic N) is 4. The Morgan fingerprint density at radius 3 is 2.44 bits per heavy atom. The van der Waals surface area contributed by atoms with E-state index in [0.717, 1.165) is 11.1 Å². The van der Waals surface area contributed by atoms with Gasteiger partial charge in [0.15, 0.2) is 9.84 Å². The van der Waals surface area contributed by atoms with E-state index in [9.17, 15) is 21.6 Å². The first-order valence-electron chi connectivity index (χ1n) is 10.7. The molecule has 3 heterocycles. The number of anilines is 1. The van der Waals surface area contributed by atoms with E-state index in [1.54, 1.807) is 30.1 Å². The summed E-state index contributed by atoms with van der Waals surface area (Å²) in [5, 5.41) is 4.22. The minimum Gasteiger partial charge on any atom is -0.492 e. The fourth-order valence-corrected chi connectivity index (χ4v) is 5.03. The Labute approximate surface area is 195 Å². The van der Waals surface area contributed by atoms with Crippen LogP contribution >= 0.6 is 0 Å². The average molecular weight is 499 g/mol. The number of aromatic nitrogens is 2. The number of hydrogen-bond donors (Lipinski definition) is 0. The van der Waals surface area contributed by atoms with E-state index in [1.807, 2.05) is 23.4 Å². The van der Waals surface area contributed by atoms with Crippen molar-refractivity contribution in [2.45, 2.75) is 6.36 Å². The van der Waals surface area contributed by atoms with Gasteiger partial charge in [0.05, 0.1) is 17.7 Å². The minimum atomic E-state index is -4.74. The van der Waals surface area contributed by atoms with Crippen LogP contribution in [0.15, 0.2) is 54.7 Å². The normalized spacial score (nSPS) is 18.9. The Morgan fingerprint density at radius 1 is 1.12 bits per heavy atom. The summed E-state index contributed by atoms with van der Waals surface area (Å²) in [4.78, 5) is 3.96. The summed E-state index contributed by atoms with van der Waals surface area (Å²) in [6.07, 6.45) is 2.60. The zero-order valence-electron chi connectivity index (χ0n) is 18.5. The summed E-state index contributed by atoms with van der Waals surface area (Å²) in [7, 11) is -1.13. The maximum absolute atomic E-state index is 12.4. The molecule has 184 valence electrons. The van der Waals surface area contributed by atoms with E-state index in [2.05, 4.69) is 14.7 Å². The number of hydrogen-bond acceptors (Lipinski definition) is 7. The van der Waals surface area contributed by atoms with Gasteiger partial charge in [0.1, 0.15) is 18.1 Å². The number of alkyl halides is 3. The molecular formula is C22H25F3N4O4S. The number of halogens is 3. The van der Waals surface area contributed by atoms with E-state index >= 15 is 0 Å². The summed E-state index contributed by atoms with van der Waals surface area (Å²) in [6.45, 7) is 2.46. The molecule has 0 N–H and O–H groups in total. The highest BCUT2D eigenvalue weighted by molar-refractivity contribution is 7.91. The molecule has 12 heteroatoms. The molecule has 1 aromatic heterocycles. The highest BCUT2D eigenvalue weighted by Gasteiger charge is 2.31. The Bertz CT molecular complexity index is 1160. The number of sulfone groups is 1. The van der Waals surface area contributed by atoms with Gasteiger partial charge >= 0.3 is 6.36 Å². The summed E-state index contributed by atoms with van der Waals surface area (Å²) < 4.78 is 72.2. The van der Waals surface area contributed by atoms with Crippen LogP contribution in [0.25, 0.3) is 5.57 Å². The van der Waals surface area contributed by atoms with Crippen molar-refractivity contribution in [3.63, 3.8) is 0 Å². The zero-order valence-corrected chi connectivity index (χ0v) is 19.3. The van der Waals surface area contributed by atoms with Crippen molar-refractivity contribution in [3.8, 4) is 5.75 Å². The molecule has 0 bridgehead atoms. The van der Waals surface area contributed by atoms with Crippen LogP contribution in [0.3, 0.4) is 0 Å². The maximum Gasteiger partial charge on any atom is 0.573 e. The summed E-state index contributed by atoms with van der Waals surface area (Å²) in [5.74, 6) is 0.719. The molecular weight excluding hydrogens is 473 g/mol. The zero-order chi connectivity index (χ0) is 24.3. The molecule has 2 aromatic rings. The van der Waals surface area contributed by atoms with Crippen molar-refractivity contribution in [3.05, 3.63) is 60.3 Å². The summed E-state index contributed by atoms with van der Waals surface area (Å²) in [6, 6.07) is 5.66. The standard InChI is InChI=1S/C22H25F3N4O4S/c1-27-15-17(14-26-27)20-16-29(18-2-4-19(5-3-18)33-22(23,24)25)7-6-21(20)32-11-8-28-9-12-34(30,31)13-10-28/h2-6,14-16H,7-13H2,1H3. The van der Waals surface area contributed by atoms with Gasteiger partial charge in [-0.2, -0.15) is 5.10 Å². The highest BCUT2D eigenvalue weighted by atomic mass is 32.2. The Morgan fingerprint density at radius 2 is 1.82 bits per heavy atom. The minimum absolute atomic E-state index is 0.165. The molecule has 4 rings (SSSR count). The first kappa shape index (κ1) is 24.1. The molecule has 1 aromatic carbocycles. The molecule has 1 saturated heterocycles. The lowest BCUT2D eigenvalue weighted by Crippen LogP contribution is -2.41. The van der Waals surface area contributed by atoms with Crippen molar-refractivity contribution in [2.75, 3.05) is 49.2 Å². The third-order valence-electron chi connectivity index (χ3n) is 5.54. The van der Waals surface area contributed by atoms with Gasteiger partial charge in [-0.25, -0.2) is 8.42 Å². The third kappa shape index (κ3) is 6.32. The Hall–Kier alpha value is -2.99. The monoisotopic (exact) mass is 498 g/mol. The van der Waals surface area contributed by atoms with Gasteiger partial charge in [-0.3, -0.25) is 9.58 Å². The van der Waals surface area contributed by atoms with Gasteiger partial charge in [0, 0.05) is 62.4 Å². The molecule has 34 heavy (non-hydrogen) atoms. The smallest absolute Gasteiger partial charge is 0.492 e. The summed E-state index contributed by atoms with van der Waals surface area (Å²) in [5.41, 5.74) is 2.32. The van der Waals surface area contributed by atoms with Crippen LogP contribution < -0.4 is 9.64 Å². The van der Waals surface area contributed by atoms with E-state index in [-0.39, 0.29) is 17.3 Å². The van der Waals surface area contributed by atoms with Gasteiger partial charge in [-0.05, 0) is 30.3 Å². The maximum atomic E-state index is 12.4. The number of benzene rings is 1. The van der Waals surface area contributed by atoms with Gasteiger partial charge in [0.2, 0.25) is 0 Å². The molecule has 0 spiro atoms. The molecule has 1 fully saturated rings. The number of rotatable bonds is 7. The summed E-state index contributed by atoms with van der Waals surface area (Å²) >= 11 is 0. The quantitative estimate of drug-likeness (QED) is 0.581. The predicted octanol–water partition coefficient (Wildman–Crippen LogP) is 2.81. The Kier molecular flexibility index (Phi) is 6.89. The largest absolute Gasteiger partial charge is 0.573 e. The van der Waals surface area contributed by atoms with E-state index in [0.29, 0.717) is 44.2 Å². The number of aryl methyl sites for hydroxylation is 1. The first-order chi connectivity index (χ1) is 16.1. The fraction of sp³-hybridized carbons (Fsp3) is 0.409. The van der Waals surface area contributed by atoms with Crippen molar-refractivity contribution < 1.29 is 31.1 Å². The van der Waals surface area contributed by atoms with Crippen molar-refractivity contribution in [1.29, 1.82) is 0 Å². The second-order valence-corrected chi connectivity index (χ2v) is 10.4. The number of allylic oxidation sites excluding steroid dienone is 1. The van der Waals surface area contributed by atoms with Gasteiger partial charge in [-0.15, -0.1) is 13.2 Å². The van der Waals surface area contributed by atoms with E-state index < -0.39 is 16.2 Å². The predicted molar refractivity (Wildman–Crippen MR) is 121 cm³/mol. The topological polar surface area (TPSA) is 76.9 Å². The second kappa shape index (κ2) is 9.71. The highest BCUT2D eigenvalue weighted by Crippen LogP contribution is 2.31. The van der Waals surface area contributed by atoms with Crippen LogP contribution in [-0.4, -0.2) is 73.8 Å². The van der Waals surface area contributed by atoms with E-state index in [1.165, 1.54) is 12.1 Å². The van der Waals surface area contributed by atoms with Crippen LogP contribution in [0.5, 0.6) is 5.75 Å². The van der Waals surface area contributed by atoms with Gasteiger partial charge in [0.25, 0.3) is 0 Å². The molecule has 0 unspecified atom stereocenters. The molecule has 0 aliphatic carbocycles. The first-order valence-corrected chi connectivity index (χ1v) is 12.5. The SMILES string of the molecule is Cn1cc(C2=CN(c3ccc(OC(F)(F)F)cc3)CC=C2OCCN2CCS(=O)(=O)CC2)cn1. The second-order valence-electron chi connectivity index (χ2n) is 8.05. The Balaban J connectivity index is 1.44.